The maximum absolute atomic E-state index is 12.7. The number of H-pyrrole nitrogens is 1. The van der Waals surface area contributed by atoms with E-state index in [1.165, 1.54) is 48.6 Å². The first kappa shape index (κ1) is 23.0. The van der Waals surface area contributed by atoms with Crippen LogP contribution in [-0.4, -0.2) is 47.8 Å². The Morgan fingerprint density at radius 1 is 1.15 bits per heavy atom. The van der Waals surface area contributed by atoms with Gasteiger partial charge in [-0.05, 0) is 49.4 Å². The summed E-state index contributed by atoms with van der Waals surface area (Å²) in [5, 5.41) is 3.62. The van der Waals surface area contributed by atoms with E-state index in [-0.39, 0.29) is 28.1 Å². The topological polar surface area (TPSA) is 127 Å². The third kappa shape index (κ3) is 4.79. The molecule has 0 bridgehead atoms. The first-order valence-electron chi connectivity index (χ1n) is 10.2. The lowest BCUT2D eigenvalue weighted by Gasteiger charge is -2.11. The number of thioether (sulfide) groups is 1. The van der Waals surface area contributed by atoms with Crippen molar-refractivity contribution in [2.24, 2.45) is 0 Å². The van der Waals surface area contributed by atoms with Crippen molar-refractivity contribution in [3.05, 3.63) is 50.1 Å². The molecule has 1 aliphatic rings. The number of rotatable bonds is 6. The lowest BCUT2D eigenvalue weighted by molar-refractivity contribution is -0.113. The molecule has 33 heavy (non-hydrogen) atoms. The Hall–Kier alpha value is -3.18. The predicted octanol–water partition coefficient (Wildman–Crippen LogP) is 3.17. The fourth-order valence-corrected chi connectivity index (χ4v) is 5.69. The molecule has 0 aliphatic heterocycles. The molecule has 11 heteroatoms. The highest BCUT2D eigenvalue weighted by Gasteiger charge is 2.21. The van der Waals surface area contributed by atoms with E-state index in [1.54, 1.807) is 0 Å². The number of anilines is 1. The largest absolute Gasteiger partial charge is 0.465 e. The highest BCUT2D eigenvalue weighted by molar-refractivity contribution is 7.99. The molecule has 0 unspecified atom stereocenters. The van der Waals surface area contributed by atoms with Crippen LogP contribution in [0.4, 0.5) is 5.69 Å². The van der Waals surface area contributed by atoms with Crippen LogP contribution in [0.5, 0.6) is 0 Å². The maximum Gasteiger partial charge on any atom is 0.339 e. The molecule has 4 rings (SSSR count). The van der Waals surface area contributed by atoms with E-state index < -0.39 is 17.8 Å². The van der Waals surface area contributed by atoms with Crippen LogP contribution in [0.2, 0.25) is 0 Å². The number of benzene rings is 1. The minimum atomic E-state index is -0.660. The summed E-state index contributed by atoms with van der Waals surface area (Å²) in [4.78, 5) is 58.3. The van der Waals surface area contributed by atoms with Crippen molar-refractivity contribution in [2.45, 2.75) is 30.8 Å². The molecule has 0 atom stereocenters. The van der Waals surface area contributed by atoms with E-state index in [2.05, 4.69) is 15.3 Å². The van der Waals surface area contributed by atoms with Gasteiger partial charge in [-0.1, -0.05) is 11.8 Å². The molecule has 0 saturated heterocycles. The predicted molar refractivity (Wildman–Crippen MR) is 125 cm³/mol. The first-order chi connectivity index (χ1) is 15.9. The molecular formula is C22H21N3O6S2. The van der Waals surface area contributed by atoms with E-state index >= 15 is 0 Å². The van der Waals surface area contributed by atoms with Crippen LogP contribution in [0.3, 0.4) is 0 Å². The summed E-state index contributed by atoms with van der Waals surface area (Å²) in [5.41, 5.74) is 1.30. The number of methoxy groups -OCH3 is 2. The Balaban J connectivity index is 1.51. The third-order valence-electron chi connectivity index (χ3n) is 5.26. The number of aromatic amines is 1. The number of nitrogens with one attached hydrogen (secondary N) is 2. The quantitative estimate of drug-likeness (QED) is 0.308. The number of hydrogen-bond acceptors (Lipinski definition) is 9. The first-order valence-corrected chi connectivity index (χ1v) is 12.0. The number of carbonyl (C=O) groups excluding carboxylic acids is 3. The summed E-state index contributed by atoms with van der Waals surface area (Å²) in [6.07, 6.45) is 4.04. The zero-order chi connectivity index (χ0) is 23.5. The normalized spacial score (nSPS) is 12.8. The van der Waals surface area contributed by atoms with Gasteiger partial charge in [-0.2, -0.15) is 0 Å². The van der Waals surface area contributed by atoms with Crippen molar-refractivity contribution in [1.29, 1.82) is 0 Å². The molecule has 0 radical (unpaired) electrons. The van der Waals surface area contributed by atoms with Gasteiger partial charge in [0, 0.05) is 4.88 Å². The number of esters is 2. The number of fused-ring (bicyclic) bond motifs is 3. The highest BCUT2D eigenvalue weighted by Crippen LogP contribution is 2.34. The molecule has 2 heterocycles. The van der Waals surface area contributed by atoms with Gasteiger partial charge in [0.05, 0.1) is 42.2 Å². The van der Waals surface area contributed by atoms with Crippen LogP contribution in [0.1, 0.15) is 44.0 Å². The lowest BCUT2D eigenvalue weighted by Crippen LogP contribution is -2.18. The SMILES string of the molecule is COC(=O)c1ccc(C(=O)OC)c(NC(=O)CSc2nc3sc4c(c3c(=O)[nH]2)CCCC4)c1. The van der Waals surface area contributed by atoms with Crippen LogP contribution in [0.25, 0.3) is 10.2 Å². The lowest BCUT2D eigenvalue weighted by atomic mass is 9.97. The third-order valence-corrected chi connectivity index (χ3v) is 7.32. The Morgan fingerprint density at radius 3 is 2.67 bits per heavy atom. The standard InChI is InChI=1S/C22H21N3O6S2/c1-30-20(28)11-7-8-12(21(29)31-2)14(9-11)23-16(26)10-32-22-24-18(27)17-13-5-3-4-6-15(13)33-19(17)25-22/h7-9H,3-6,10H2,1-2H3,(H,23,26)(H,24,25,27). The molecule has 172 valence electrons. The molecule has 3 aromatic rings. The second-order valence-corrected chi connectivity index (χ2v) is 9.39. The fourth-order valence-electron chi connectivity index (χ4n) is 3.71. The second kappa shape index (κ2) is 9.75. The number of ether oxygens (including phenoxy) is 2. The summed E-state index contributed by atoms with van der Waals surface area (Å²) in [5.74, 6) is -1.78. The van der Waals surface area contributed by atoms with Crippen molar-refractivity contribution in [2.75, 3.05) is 25.3 Å². The van der Waals surface area contributed by atoms with Crippen LogP contribution in [0.15, 0.2) is 28.2 Å². The van der Waals surface area contributed by atoms with Gasteiger partial charge < -0.3 is 19.8 Å². The highest BCUT2D eigenvalue weighted by atomic mass is 32.2. The van der Waals surface area contributed by atoms with Gasteiger partial charge in [-0.15, -0.1) is 11.3 Å². The Labute approximate surface area is 196 Å². The molecular weight excluding hydrogens is 466 g/mol. The van der Waals surface area contributed by atoms with E-state index in [9.17, 15) is 19.2 Å². The van der Waals surface area contributed by atoms with Gasteiger partial charge in [0.25, 0.3) is 5.56 Å². The minimum Gasteiger partial charge on any atom is -0.465 e. The van der Waals surface area contributed by atoms with Crippen LogP contribution < -0.4 is 10.9 Å². The average molecular weight is 488 g/mol. The van der Waals surface area contributed by atoms with Gasteiger partial charge in [0.2, 0.25) is 5.91 Å². The van der Waals surface area contributed by atoms with Crippen LogP contribution >= 0.6 is 23.1 Å². The number of amides is 1. The summed E-state index contributed by atoms with van der Waals surface area (Å²) in [6.45, 7) is 0. The van der Waals surface area contributed by atoms with Crippen LogP contribution in [0, 0.1) is 0 Å². The molecule has 1 aromatic carbocycles. The maximum atomic E-state index is 12.7. The van der Waals surface area contributed by atoms with Gasteiger partial charge in [0.15, 0.2) is 5.16 Å². The minimum absolute atomic E-state index is 0.0669. The van der Waals surface area contributed by atoms with Crippen molar-refractivity contribution < 1.29 is 23.9 Å². The van der Waals surface area contributed by atoms with E-state index in [0.717, 1.165) is 43.0 Å². The average Bonchev–Trinajstić information content (AvgIpc) is 3.20. The van der Waals surface area contributed by atoms with Gasteiger partial charge in [-0.25, -0.2) is 14.6 Å². The molecule has 0 saturated carbocycles. The molecule has 1 aliphatic carbocycles. The van der Waals surface area contributed by atoms with Gasteiger partial charge in [0.1, 0.15) is 4.83 Å². The number of aromatic nitrogens is 2. The number of hydrogen-bond donors (Lipinski definition) is 2. The summed E-state index contributed by atoms with van der Waals surface area (Å²) >= 11 is 2.62. The van der Waals surface area contributed by atoms with E-state index in [0.29, 0.717) is 15.4 Å². The fraction of sp³-hybridized carbons (Fsp3) is 0.318. The molecule has 0 fully saturated rings. The van der Waals surface area contributed by atoms with Crippen molar-refractivity contribution in [3.8, 4) is 0 Å². The number of nitrogens with zero attached hydrogens (tertiary/aromatic N) is 1. The molecule has 0 spiro atoms. The van der Waals surface area contributed by atoms with E-state index in [1.807, 2.05) is 0 Å². The zero-order valence-corrected chi connectivity index (χ0v) is 19.6. The second-order valence-electron chi connectivity index (χ2n) is 7.34. The van der Waals surface area contributed by atoms with Gasteiger partial charge >= 0.3 is 11.9 Å². The van der Waals surface area contributed by atoms with Crippen molar-refractivity contribution in [3.63, 3.8) is 0 Å². The molecule has 1 amide bonds. The number of thiophene rings is 1. The summed E-state index contributed by atoms with van der Waals surface area (Å²) in [6, 6.07) is 4.14. The Kier molecular flexibility index (Phi) is 6.80. The number of aryl methyl sites for hydroxylation is 2. The smallest absolute Gasteiger partial charge is 0.339 e. The molecule has 9 nitrogen and oxygen atoms in total. The Morgan fingerprint density at radius 2 is 1.91 bits per heavy atom. The summed E-state index contributed by atoms with van der Waals surface area (Å²) in [7, 11) is 2.46. The van der Waals surface area contributed by atoms with Crippen molar-refractivity contribution in [1.82, 2.24) is 9.97 Å². The monoisotopic (exact) mass is 487 g/mol. The van der Waals surface area contributed by atoms with Crippen LogP contribution in [-0.2, 0) is 27.1 Å². The Bertz CT molecular complexity index is 1310. The van der Waals surface area contributed by atoms with Crippen molar-refractivity contribution >= 4 is 56.8 Å². The van der Waals surface area contributed by atoms with E-state index in [4.69, 9.17) is 9.47 Å². The zero-order valence-electron chi connectivity index (χ0n) is 18.0. The summed E-state index contributed by atoms with van der Waals surface area (Å²) < 4.78 is 9.43. The van der Waals surface area contributed by atoms with Gasteiger partial charge in [-0.3, -0.25) is 9.59 Å². The molecule has 2 aromatic heterocycles. The molecule has 2 N–H and O–H groups in total. The number of carbonyl (C=O) groups is 3.